The van der Waals surface area contributed by atoms with Crippen molar-refractivity contribution in [2.75, 3.05) is 0 Å². The van der Waals surface area contributed by atoms with Gasteiger partial charge in [0.05, 0.1) is 12.3 Å². The van der Waals surface area contributed by atoms with Crippen molar-refractivity contribution in [3.8, 4) is 0 Å². The Kier molecular flexibility index (Phi) is 3.70. The van der Waals surface area contributed by atoms with Gasteiger partial charge in [-0.25, -0.2) is 3.15 Å². The molecule has 1 aliphatic rings. The Morgan fingerprint density at radius 2 is 2.31 bits per heavy atom. The van der Waals surface area contributed by atoms with E-state index in [9.17, 15) is 5.11 Å². The van der Waals surface area contributed by atoms with Crippen LogP contribution in [-0.2, 0) is 6.61 Å². The lowest BCUT2D eigenvalue weighted by molar-refractivity contribution is 0.281. The molecule has 1 aromatic rings. The minimum atomic E-state index is -0.212. The second-order valence-electron chi connectivity index (χ2n) is 3.86. The van der Waals surface area contributed by atoms with E-state index >= 15 is 0 Å². The van der Waals surface area contributed by atoms with Crippen LogP contribution in [0.4, 0.5) is 0 Å². The van der Waals surface area contributed by atoms with Crippen molar-refractivity contribution < 1.29 is 5.11 Å². The predicted molar refractivity (Wildman–Crippen MR) is 73.2 cm³/mol. The first kappa shape index (κ1) is 11.7. The average Bonchev–Trinajstić information content (AvgIpc) is 2.82. The van der Waals surface area contributed by atoms with E-state index in [0.29, 0.717) is 5.92 Å². The first-order chi connectivity index (χ1) is 7.74. The number of halogens is 1. The maximum atomic E-state index is 9.25. The van der Waals surface area contributed by atoms with E-state index in [-0.39, 0.29) is 27.9 Å². The molecule has 0 bridgehead atoms. The second-order valence-corrected chi connectivity index (χ2v) is 5.45. The molecule has 2 rings (SSSR count). The molecule has 0 amide bonds. The van der Waals surface area contributed by atoms with Gasteiger partial charge in [-0.2, -0.15) is 0 Å². The number of nitrogens with zero attached hydrogens (tertiary/aromatic N) is 1. The molecule has 0 spiro atoms. The van der Waals surface area contributed by atoms with Gasteiger partial charge in [0.1, 0.15) is 21.3 Å². The van der Waals surface area contributed by atoms with Gasteiger partial charge in [-0.15, -0.1) is 0 Å². The highest BCUT2D eigenvalue weighted by Crippen LogP contribution is 2.32. The molecule has 4 heteroatoms. The van der Waals surface area contributed by atoms with Crippen LogP contribution in [0.2, 0.25) is 0 Å². The highest BCUT2D eigenvalue weighted by atomic mass is 127. The van der Waals surface area contributed by atoms with Crippen LogP contribution >= 0.6 is 21.3 Å². The number of hydrogen-bond acceptors (Lipinski definition) is 3. The summed E-state index contributed by atoms with van der Waals surface area (Å²) in [7, 11) is 0. The minimum Gasteiger partial charge on any atom is -0.392 e. The Morgan fingerprint density at radius 1 is 1.50 bits per heavy atom. The summed E-state index contributed by atoms with van der Waals surface area (Å²) in [6.45, 7) is 4.33. The number of nitrogens with one attached hydrogen (secondary N) is 1. The molecule has 16 heavy (non-hydrogen) atoms. The molecular weight excluding hydrogens is 315 g/mol. The summed E-state index contributed by atoms with van der Waals surface area (Å²) in [4.78, 5) is 0. The Bertz CT molecular complexity index is 454. The van der Waals surface area contributed by atoms with E-state index < -0.39 is 0 Å². The molecule has 1 heterocycles. The Balaban J connectivity index is 2.36. The van der Waals surface area contributed by atoms with Crippen molar-refractivity contribution in [1.29, 1.82) is 0 Å². The quantitative estimate of drug-likeness (QED) is 0.661. The van der Waals surface area contributed by atoms with Crippen LogP contribution in [0.5, 0.6) is 0 Å². The zero-order chi connectivity index (χ0) is 11.5. The average molecular weight is 330 g/mol. The number of aliphatic hydroxyl groups is 1. The zero-order valence-corrected chi connectivity index (χ0v) is 11.5. The van der Waals surface area contributed by atoms with Crippen molar-refractivity contribution in [2.24, 2.45) is 3.15 Å². The Labute approximate surface area is 106 Å². The molecule has 1 aromatic carbocycles. The topological polar surface area (TPSA) is 44.6 Å². The number of rotatable bonds is 3. The van der Waals surface area contributed by atoms with Gasteiger partial charge in [-0.3, -0.25) is 0 Å². The normalized spacial score (nSPS) is 16.3. The first-order valence-electron chi connectivity index (χ1n) is 5.23. The fourth-order valence-corrected chi connectivity index (χ4v) is 3.31. The molecule has 1 atom stereocenters. The van der Waals surface area contributed by atoms with Gasteiger partial charge < -0.3 is 8.64 Å². The highest BCUT2D eigenvalue weighted by molar-refractivity contribution is 14.1. The summed E-state index contributed by atoms with van der Waals surface area (Å²) in [6.07, 6.45) is 2.02. The SMILES string of the molecule is Cc1c(CO)cccc1C(C)C1=CNI=N1. The third kappa shape index (κ3) is 2.17. The van der Waals surface area contributed by atoms with Gasteiger partial charge in [-0.05, 0) is 23.6 Å². The van der Waals surface area contributed by atoms with Crippen LogP contribution < -0.4 is 3.53 Å². The Hall–Kier alpha value is -0.750. The molecule has 1 unspecified atom stereocenters. The lowest BCUT2D eigenvalue weighted by Gasteiger charge is -2.15. The van der Waals surface area contributed by atoms with E-state index in [4.69, 9.17) is 0 Å². The van der Waals surface area contributed by atoms with Crippen molar-refractivity contribution in [1.82, 2.24) is 3.53 Å². The summed E-state index contributed by atoms with van der Waals surface area (Å²) < 4.78 is 7.71. The third-order valence-electron chi connectivity index (χ3n) is 2.96. The number of benzene rings is 1. The van der Waals surface area contributed by atoms with E-state index in [1.165, 1.54) is 11.1 Å². The van der Waals surface area contributed by atoms with Crippen molar-refractivity contribution in [3.05, 3.63) is 46.8 Å². The second kappa shape index (κ2) is 5.05. The Morgan fingerprint density at radius 3 is 2.94 bits per heavy atom. The van der Waals surface area contributed by atoms with Crippen LogP contribution in [0.1, 0.15) is 29.5 Å². The van der Waals surface area contributed by atoms with E-state index in [0.717, 1.165) is 11.3 Å². The summed E-state index contributed by atoms with van der Waals surface area (Å²) in [5, 5.41) is 9.25. The van der Waals surface area contributed by atoms with E-state index in [1.807, 2.05) is 18.3 Å². The monoisotopic (exact) mass is 330 g/mol. The molecule has 0 aromatic heterocycles. The molecular formula is C12H15IN2O. The lowest BCUT2D eigenvalue weighted by atomic mass is 9.91. The van der Waals surface area contributed by atoms with Crippen molar-refractivity contribution in [2.45, 2.75) is 26.4 Å². The molecule has 2 N–H and O–H groups in total. The largest absolute Gasteiger partial charge is 0.392 e. The van der Waals surface area contributed by atoms with Crippen LogP contribution in [0.15, 0.2) is 33.2 Å². The molecule has 1 aliphatic heterocycles. The van der Waals surface area contributed by atoms with Gasteiger partial charge in [0.15, 0.2) is 0 Å². The standard InChI is InChI=1S/C12H15IN2O/c1-8-10(7-16)4-3-5-11(8)9(2)12-6-14-13-15-12/h3-6,9,16H,7H2,1-2H3,(H,14,15). The predicted octanol–water partition coefficient (Wildman–Crippen LogP) is 3.10. The summed E-state index contributed by atoms with van der Waals surface area (Å²) in [5.74, 6) is 0.307. The zero-order valence-electron chi connectivity index (χ0n) is 9.37. The fraction of sp³-hybridized carbons (Fsp3) is 0.333. The molecule has 86 valence electrons. The molecule has 0 radical (unpaired) electrons. The fourth-order valence-electron chi connectivity index (χ4n) is 1.88. The molecule has 3 nitrogen and oxygen atoms in total. The van der Waals surface area contributed by atoms with Crippen molar-refractivity contribution in [3.63, 3.8) is 0 Å². The maximum Gasteiger partial charge on any atom is 0.117 e. The smallest absolute Gasteiger partial charge is 0.117 e. The van der Waals surface area contributed by atoms with Gasteiger partial charge in [-0.1, -0.05) is 25.1 Å². The summed E-state index contributed by atoms with van der Waals surface area (Å²) in [6, 6.07) is 6.09. The number of allylic oxidation sites excluding steroid dienone is 1. The minimum absolute atomic E-state index is 0.105. The van der Waals surface area contributed by atoms with Gasteiger partial charge in [0, 0.05) is 12.1 Å². The van der Waals surface area contributed by atoms with Gasteiger partial charge in [0.2, 0.25) is 0 Å². The van der Waals surface area contributed by atoms with Crippen LogP contribution in [0, 0.1) is 6.92 Å². The van der Waals surface area contributed by atoms with Crippen molar-refractivity contribution >= 4 is 21.3 Å². The van der Waals surface area contributed by atoms with Crippen LogP contribution in [0.25, 0.3) is 0 Å². The van der Waals surface area contributed by atoms with Gasteiger partial charge in [0.25, 0.3) is 0 Å². The first-order valence-corrected chi connectivity index (χ1v) is 7.27. The van der Waals surface area contributed by atoms with Crippen LogP contribution in [-0.4, -0.2) is 5.11 Å². The lowest BCUT2D eigenvalue weighted by Crippen LogP contribution is -2.01. The van der Waals surface area contributed by atoms with E-state index in [2.05, 4.69) is 26.6 Å². The highest BCUT2D eigenvalue weighted by Gasteiger charge is 2.16. The van der Waals surface area contributed by atoms with E-state index in [1.54, 1.807) is 0 Å². The number of hydrogen-bond donors (Lipinski definition) is 2. The summed E-state index contributed by atoms with van der Waals surface area (Å²) in [5.41, 5.74) is 4.57. The van der Waals surface area contributed by atoms with Gasteiger partial charge >= 0.3 is 0 Å². The van der Waals surface area contributed by atoms with Crippen LogP contribution in [0.3, 0.4) is 0 Å². The maximum absolute atomic E-state index is 9.25. The molecule has 0 aliphatic carbocycles. The molecule has 0 saturated carbocycles. The number of aliphatic hydroxyl groups excluding tert-OH is 1. The third-order valence-corrected chi connectivity index (χ3v) is 4.35. The molecule has 0 saturated heterocycles. The summed E-state index contributed by atoms with van der Waals surface area (Å²) >= 11 is -0.212. The molecule has 0 fully saturated rings.